The van der Waals surface area contributed by atoms with Gasteiger partial charge in [0.15, 0.2) is 10.8 Å². The van der Waals surface area contributed by atoms with Gasteiger partial charge in [0.25, 0.3) is 5.91 Å². The van der Waals surface area contributed by atoms with Gasteiger partial charge in [0.05, 0.1) is 5.69 Å². The van der Waals surface area contributed by atoms with E-state index in [0.29, 0.717) is 37.6 Å². The lowest BCUT2D eigenvalue weighted by molar-refractivity contribution is 0.0740. The minimum Gasteiger partial charge on any atom is -0.344 e. The number of hydrogen-bond acceptors (Lipinski definition) is 6. The van der Waals surface area contributed by atoms with Gasteiger partial charge < -0.3 is 9.80 Å². The molecule has 0 radical (unpaired) electrons. The molecule has 1 amide bonds. The predicted octanol–water partition coefficient (Wildman–Crippen LogP) is 2.98. The standard InChI is InChI=1S/C20H17FN6OS/c21-14-3-1-4-15(13-14)27-8-6-17(24-27)19(28)25-9-11-26(12-10-25)20-23-16-5-2-7-22-18(16)29-20/h1-8,13H,9-12H2. The van der Waals surface area contributed by atoms with Gasteiger partial charge in [0.2, 0.25) is 0 Å². The summed E-state index contributed by atoms with van der Waals surface area (Å²) in [4.78, 5) is 26.7. The molecule has 1 aliphatic rings. The van der Waals surface area contributed by atoms with Gasteiger partial charge in [-0.1, -0.05) is 17.4 Å². The quantitative estimate of drug-likeness (QED) is 0.521. The Labute approximate surface area is 170 Å². The van der Waals surface area contributed by atoms with Crippen molar-refractivity contribution < 1.29 is 9.18 Å². The fourth-order valence-electron chi connectivity index (χ4n) is 3.36. The normalized spacial score (nSPS) is 14.5. The summed E-state index contributed by atoms with van der Waals surface area (Å²) < 4.78 is 14.9. The molecule has 3 aromatic heterocycles. The van der Waals surface area contributed by atoms with Crippen LogP contribution in [0.5, 0.6) is 0 Å². The van der Waals surface area contributed by atoms with Crippen molar-refractivity contribution in [2.75, 3.05) is 31.1 Å². The maximum Gasteiger partial charge on any atom is 0.274 e. The topological polar surface area (TPSA) is 67.2 Å². The number of aromatic nitrogens is 4. The Kier molecular flexibility index (Phi) is 4.44. The summed E-state index contributed by atoms with van der Waals surface area (Å²) in [6.45, 7) is 2.59. The van der Waals surface area contributed by atoms with Crippen LogP contribution < -0.4 is 4.90 Å². The molecule has 29 heavy (non-hydrogen) atoms. The zero-order valence-electron chi connectivity index (χ0n) is 15.4. The smallest absolute Gasteiger partial charge is 0.274 e. The lowest BCUT2D eigenvalue weighted by atomic mass is 10.3. The molecule has 0 unspecified atom stereocenters. The predicted molar refractivity (Wildman–Crippen MR) is 109 cm³/mol. The molecule has 4 aromatic rings. The van der Waals surface area contributed by atoms with E-state index in [1.165, 1.54) is 16.8 Å². The maximum atomic E-state index is 13.4. The van der Waals surface area contributed by atoms with Gasteiger partial charge in [0.1, 0.15) is 16.2 Å². The Bertz CT molecular complexity index is 1150. The van der Waals surface area contributed by atoms with Crippen LogP contribution in [0, 0.1) is 5.82 Å². The average Bonchev–Trinajstić information content (AvgIpc) is 3.41. The van der Waals surface area contributed by atoms with Gasteiger partial charge in [-0.15, -0.1) is 0 Å². The van der Waals surface area contributed by atoms with Crippen molar-refractivity contribution >= 4 is 32.7 Å². The largest absolute Gasteiger partial charge is 0.344 e. The minimum atomic E-state index is -0.341. The highest BCUT2D eigenvalue weighted by Gasteiger charge is 2.25. The first kappa shape index (κ1) is 17.7. The molecule has 7 nitrogen and oxygen atoms in total. The number of pyridine rings is 1. The second kappa shape index (κ2) is 7.25. The zero-order valence-corrected chi connectivity index (χ0v) is 16.2. The Balaban J connectivity index is 1.26. The third kappa shape index (κ3) is 3.44. The number of halogens is 1. The number of anilines is 1. The molecule has 0 atom stereocenters. The van der Waals surface area contributed by atoms with E-state index in [2.05, 4.69) is 20.0 Å². The summed E-state index contributed by atoms with van der Waals surface area (Å²) >= 11 is 1.57. The number of piperazine rings is 1. The third-order valence-corrected chi connectivity index (χ3v) is 5.91. The van der Waals surface area contributed by atoms with Crippen LogP contribution in [-0.2, 0) is 0 Å². The molecule has 1 aliphatic heterocycles. The van der Waals surface area contributed by atoms with Gasteiger partial charge in [0, 0.05) is 38.6 Å². The van der Waals surface area contributed by atoms with E-state index in [9.17, 15) is 9.18 Å². The number of rotatable bonds is 3. The van der Waals surface area contributed by atoms with Crippen LogP contribution in [0.15, 0.2) is 54.9 Å². The van der Waals surface area contributed by atoms with Crippen LogP contribution in [-0.4, -0.2) is 56.7 Å². The number of carbonyl (C=O) groups excluding carboxylic acids is 1. The SMILES string of the molecule is O=C(c1ccn(-c2cccc(F)c2)n1)N1CCN(c2nc3cccnc3s2)CC1. The highest BCUT2D eigenvalue weighted by molar-refractivity contribution is 7.21. The summed E-state index contributed by atoms with van der Waals surface area (Å²) in [5, 5.41) is 5.26. The molecule has 0 N–H and O–H groups in total. The Morgan fingerprint density at radius 1 is 1.07 bits per heavy atom. The van der Waals surface area contributed by atoms with Gasteiger partial charge in [-0.3, -0.25) is 4.79 Å². The number of carbonyl (C=O) groups is 1. The summed E-state index contributed by atoms with van der Waals surface area (Å²) in [7, 11) is 0. The second-order valence-corrected chi connectivity index (χ2v) is 7.68. The van der Waals surface area contributed by atoms with E-state index in [1.54, 1.807) is 46.8 Å². The van der Waals surface area contributed by atoms with E-state index in [-0.39, 0.29) is 11.7 Å². The van der Waals surface area contributed by atoms with Crippen molar-refractivity contribution in [2.24, 2.45) is 0 Å². The van der Waals surface area contributed by atoms with Crippen molar-refractivity contribution in [3.63, 3.8) is 0 Å². The molecule has 0 saturated carbocycles. The first-order valence-corrected chi connectivity index (χ1v) is 10.1. The van der Waals surface area contributed by atoms with Crippen LogP contribution in [0.4, 0.5) is 9.52 Å². The molecule has 1 aromatic carbocycles. The number of thiazole rings is 1. The molecule has 9 heteroatoms. The van der Waals surface area contributed by atoms with Gasteiger partial charge in [-0.25, -0.2) is 19.0 Å². The van der Waals surface area contributed by atoms with Gasteiger partial charge >= 0.3 is 0 Å². The molecule has 5 rings (SSSR count). The summed E-state index contributed by atoms with van der Waals surface area (Å²) in [5.74, 6) is -0.460. The van der Waals surface area contributed by atoms with Crippen molar-refractivity contribution in [3.8, 4) is 5.69 Å². The maximum absolute atomic E-state index is 13.4. The average molecular weight is 408 g/mol. The molecule has 0 spiro atoms. The highest BCUT2D eigenvalue weighted by atomic mass is 32.1. The molecule has 1 fully saturated rings. The molecule has 146 valence electrons. The molecule has 1 saturated heterocycles. The van der Waals surface area contributed by atoms with Crippen molar-refractivity contribution in [1.29, 1.82) is 0 Å². The third-order valence-electron chi connectivity index (χ3n) is 4.87. The Morgan fingerprint density at radius 2 is 1.93 bits per heavy atom. The van der Waals surface area contributed by atoms with E-state index < -0.39 is 0 Å². The number of hydrogen-bond donors (Lipinski definition) is 0. The highest BCUT2D eigenvalue weighted by Crippen LogP contribution is 2.27. The monoisotopic (exact) mass is 408 g/mol. The first-order valence-electron chi connectivity index (χ1n) is 9.25. The summed E-state index contributed by atoms with van der Waals surface area (Å²) in [5.41, 5.74) is 1.83. The lowest BCUT2D eigenvalue weighted by Gasteiger charge is -2.34. The molecule has 0 aliphatic carbocycles. The number of benzene rings is 1. The van der Waals surface area contributed by atoms with E-state index in [0.717, 1.165) is 15.5 Å². The zero-order chi connectivity index (χ0) is 19.8. The minimum absolute atomic E-state index is 0.120. The van der Waals surface area contributed by atoms with Crippen molar-refractivity contribution in [1.82, 2.24) is 24.6 Å². The van der Waals surface area contributed by atoms with E-state index in [4.69, 9.17) is 0 Å². The fraction of sp³-hybridized carbons (Fsp3) is 0.200. The lowest BCUT2D eigenvalue weighted by Crippen LogP contribution is -2.48. The van der Waals surface area contributed by atoms with Crippen LogP contribution in [0.1, 0.15) is 10.5 Å². The number of amides is 1. The van der Waals surface area contributed by atoms with Crippen LogP contribution in [0.25, 0.3) is 16.0 Å². The van der Waals surface area contributed by atoms with E-state index in [1.807, 2.05) is 12.1 Å². The van der Waals surface area contributed by atoms with Gasteiger partial charge in [-0.05, 0) is 36.4 Å². The fourth-order valence-corrected chi connectivity index (χ4v) is 4.32. The molecular formula is C20H17FN6OS. The number of nitrogens with zero attached hydrogens (tertiary/aromatic N) is 6. The summed E-state index contributed by atoms with van der Waals surface area (Å²) in [6, 6.07) is 11.6. The first-order chi connectivity index (χ1) is 14.2. The molecular weight excluding hydrogens is 391 g/mol. The van der Waals surface area contributed by atoms with Crippen LogP contribution >= 0.6 is 11.3 Å². The van der Waals surface area contributed by atoms with Crippen LogP contribution in [0.3, 0.4) is 0 Å². The Hall–Kier alpha value is -3.33. The molecule has 0 bridgehead atoms. The van der Waals surface area contributed by atoms with Crippen molar-refractivity contribution in [3.05, 3.63) is 66.4 Å². The summed E-state index contributed by atoms with van der Waals surface area (Å²) in [6.07, 6.45) is 3.44. The van der Waals surface area contributed by atoms with E-state index >= 15 is 0 Å². The Morgan fingerprint density at radius 3 is 2.72 bits per heavy atom. The van der Waals surface area contributed by atoms with Crippen molar-refractivity contribution in [2.45, 2.75) is 0 Å². The van der Waals surface area contributed by atoms with Crippen LogP contribution in [0.2, 0.25) is 0 Å². The number of fused-ring (bicyclic) bond motifs is 1. The second-order valence-electron chi connectivity index (χ2n) is 6.73. The molecule has 4 heterocycles. The van der Waals surface area contributed by atoms with Gasteiger partial charge in [-0.2, -0.15) is 5.10 Å².